The van der Waals surface area contributed by atoms with Crippen molar-refractivity contribution in [1.29, 1.82) is 0 Å². The standard InChI is InChI=1S/C14H16N2O2S/c1-8(9(2)17)16-7-15-13-12(14(16)18)10-5-3-4-6-11(10)19-13/h7-8H,3-6H2,1-2H3/t8-/m0/s1. The van der Waals surface area contributed by atoms with Gasteiger partial charge in [-0.1, -0.05) is 0 Å². The third-order valence-corrected chi connectivity index (χ3v) is 5.11. The molecular formula is C14H16N2O2S. The second-order valence-electron chi connectivity index (χ2n) is 5.13. The van der Waals surface area contributed by atoms with Crippen molar-refractivity contribution >= 4 is 27.3 Å². The minimum Gasteiger partial charge on any atom is -0.298 e. The summed E-state index contributed by atoms with van der Waals surface area (Å²) in [6.07, 6.45) is 5.86. The molecule has 2 aromatic heterocycles. The van der Waals surface area contributed by atoms with E-state index >= 15 is 0 Å². The molecule has 0 N–H and O–H groups in total. The highest BCUT2D eigenvalue weighted by Crippen LogP contribution is 2.33. The number of aryl methyl sites for hydroxylation is 2. The molecule has 2 aromatic rings. The minimum absolute atomic E-state index is 0.0210. The number of hydrogen-bond donors (Lipinski definition) is 0. The van der Waals surface area contributed by atoms with Gasteiger partial charge >= 0.3 is 0 Å². The van der Waals surface area contributed by atoms with Crippen LogP contribution in [0.1, 0.15) is 43.2 Å². The minimum atomic E-state index is -0.441. The van der Waals surface area contributed by atoms with E-state index in [9.17, 15) is 9.59 Å². The zero-order valence-corrected chi connectivity index (χ0v) is 11.9. The summed E-state index contributed by atoms with van der Waals surface area (Å²) in [6.45, 7) is 3.25. The number of Topliss-reactive ketones (excluding diaryl/α,β-unsaturated/α-hetero) is 1. The van der Waals surface area contributed by atoms with Crippen LogP contribution in [-0.2, 0) is 17.6 Å². The number of ketones is 1. The van der Waals surface area contributed by atoms with E-state index in [2.05, 4.69) is 4.98 Å². The highest BCUT2D eigenvalue weighted by atomic mass is 32.1. The van der Waals surface area contributed by atoms with Crippen LogP contribution in [0.25, 0.3) is 10.2 Å². The fraction of sp³-hybridized carbons (Fsp3) is 0.500. The van der Waals surface area contributed by atoms with Crippen LogP contribution in [0, 0.1) is 0 Å². The van der Waals surface area contributed by atoms with Crippen molar-refractivity contribution in [2.24, 2.45) is 0 Å². The maximum atomic E-state index is 12.6. The summed E-state index contributed by atoms with van der Waals surface area (Å²) in [4.78, 5) is 30.6. The van der Waals surface area contributed by atoms with E-state index in [-0.39, 0.29) is 11.3 Å². The van der Waals surface area contributed by atoms with Gasteiger partial charge in [0, 0.05) is 4.88 Å². The summed E-state index contributed by atoms with van der Waals surface area (Å²) in [5.74, 6) is -0.0210. The first-order valence-electron chi connectivity index (χ1n) is 6.61. The van der Waals surface area contributed by atoms with Crippen LogP contribution in [0.3, 0.4) is 0 Å². The molecule has 100 valence electrons. The first-order valence-corrected chi connectivity index (χ1v) is 7.43. The van der Waals surface area contributed by atoms with E-state index in [4.69, 9.17) is 0 Å². The molecule has 1 atom stereocenters. The van der Waals surface area contributed by atoms with Crippen molar-refractivity contribution in [3.8, 4) is 0 Å². The van der Waals surface area contributed by atoms with Crippen molar-refractivity contribution in [3.63, 3.8) is 0 Å². The summed E-state index contributed by atoms with van der Waals surface area (Å²) in [6, 6.07) is -0.441. The molecule has 4 nitrogen and oxygen atoms in total. The Morgan fingerprint density at radius 1 is 1.42 bits per heavy atom. The molecule has 1 aliphatic rings. The average molecular weight is 276 g/mol. The molecule has 2 heterocycles. The molecule has 0 radical (unpaired) electrons. The van der Waals surface area contributed by atoms with E-state index < -0.39 is 6.04 Å². The van der Waals surface area contributed by atoms with Crippen molar-refractivity contribution in [2.45, 2.75) is 45.6 Å². The van der Waals surface area contributed by atoms with Gasteiger partial charge < -0.3 is 0 Å². The molecule has 0 spiro atoms. The zero-order valence-electron chi connectivity index (χ0n) is 11.1. The fourth-order valence-corrected chi connectivity index (χ4v) is 3.85. The summed E-state index contributed by atoms with van der Waals surface area (Å²) in [7, 11) is 0. The van der Waals surface area contributed by atoms with Crippen molar-refractivity contribution < 1.29 is 4.79 Å². The average Bonchev–Trinajstić information content (AvgIpc) is 2.77. The number of carbonyl (C=O) groups excluding carboxylic acids is 1. The third-order valence-electron chi connectivity index (χ3n) is 3.91. The Morgan fingerprint density at radius 3 is 2.89 bits per heavy atom. The fourth-order valence-electron chi connectivity index (χ4n) is 2.63. The van der Waals surface area contributed by atoms with Crippen LogP contribution in [0.4, 0.5) is 0 Å². The maximum absolute atomic E-state index is 12.6. The van der Waals surface area contributed by atoms with Gasteiger partial charge in [0.25, 0.3) is 5.56 Å². The monoisotopic (exact) mass is 276 g/mol. The smallest absolute Gasteiger partial charge is 0.263 e. The molecule has 0 fully saturated rings. The molecule has 0 aliphatic heterocycles. The summed E-state index contributed by atoms with van der Waals surface area (Å²) in [5, 5.41) is 0.746. The Kier molecular flexibility index (Phi) is 3.01. The molecule has 0 bridgehead atoms. The van der Waals surface area contributed by atoms with Gasteiger partial charge in [-0.2, -0.15) is 0 Å². The molecule has 0 unspecified atom stereocenters. The summed E-state index contributed by atoms with van der Waals surface area (Å²) < 4.78 is 1.46. The predicted molar refractivity (Wildman–Crippen MR) is 75.9 cm³/mol. The lowest BCUT2D eigenvalue weighted by atomic mass is 9.97. The Balaban J connectivity index is 2.26. The Bertz CT molecular complexity index is 714. The van der Waals surface area contributed by atoms with Crippen molar-refractivity contribution in [1.82, 2.24) is 9.55 Å². The largest absolute Gasteiger partial charge is 0.298 e. The van der Waals surface area contributed by atoms with Crippen LogP contribution in [0.5, 0.6) is 0 Å². The number of fused-ring (bicyclic) bond motifs is 3. The van der Waals surface area contributed by atoms with Gasteiger partial charge in [0.2, 0.25) is 0 Å². The molecule has 1 aliphatic carbocycles. The molecule has 3 rings (SSSR count). The van der Waals surface area contributed by atoms with E-state index in [1.807, 2.05) is 0 Å². The lowest BCUT2D eigenvalue weighted by Crippen LogP contribution is -2.27. The number of hydrogen-bond acceptors (Lipinski definition) is 4. The van der Waals surface area contributed by atoms with Crippen LogP contribution >= 0.6 is 11.3 Å². The second-order valence-corrected chi connectivity index (χ2v) is 6.22. The number of nitrogens with zero attached hydrogens (tertiary/aromatic N) is 2. The van der Waals surface area contributed by atoms with Crippen molar-refractivity contribution in [2.75, 3.05) is 0 Å². The first-order chi connectivity index (χ1) is 9.09. The Hall–Kier alpha value is -1.49. The van der Waals surface area contributed by atoms with Crippen LogP contribution < -0.4 is 5.56 Å². The number of rotatable bonds is 2. The first kappa shape index (κ1) is 12.5. The SMILES string of the molecule is CC(=O)[C@H](C)n1cnc2sc3c(c2c1=O)CCCC3. The number of carbonyl (C=O) groups is 1. The Morgan fingerprint density at radius 2 is 2.16 bits per heavy atom. The van der Waals surface area contributed by atoms with Crippen molar-refractivity contribution in [3.05, 3.63) is 27.1 Å². The van der Waals surface area contributed by atoms with Gasteiger partial charge in [-0.15, -0.1) is 11.3 Å². The molecule has 0 aromatic carbocycles. The number of aromatic nitrogens is 2. The van der Waals surface area contributed by atoms with Gasteiger partial charge in [-0.05, 0) is 45.1 Å². The van der Waals surface area contributed by atoms with Gasteiger partial charge in [0.15, 0.2) is 5.78 Å². The molecule has 0 saturated heterocycles. The number of thiophene rings is 1. The van der Waals surface area contributed by atoms with Gasteiger partial charge in [-0.3, -0.25) is 14.2 Å². The molecule has 0 amide bonds. The summed E-state index contributed by atoms with van der Waals surface area (Å²) >= 11 is 1.63. The molecule has 5 heteroatoms. The van der Waals surface area contributed by atoms with Crippen LogP contribution in [0.2, 0.25) is 0 Å². The van der Waals surface area contributed by atoms with E-state index in [0.717, 1.165) is 29.5 Å². The van der Waals surface area contributed by atoms with E-state index in [1.54, 1.807) is 18.3 Å². The normalized spacial score (nSPS) is 16.3. The predicted octanol–water partition coefficient (Wildman–Crippen LogP) is 2.49. The Labute approximate surface area is 115 Å². The third kappa shape index (κ3) is 1.92. The highest BCUT2D eigenvalue weighted by molar-refractivity contribution is 7.18. The van der Waals surface area contributed by atoms with Crippen LogP contribution in [0.15, 0.2) is 11.1 Å². The van der Waals surface area contributed by atoms with Gasteiger partial charge in [-0.25, -0.2) is 4.98 Å². The van der Waals surface area contributed by atoms with E-state index in [0.29, 0.717) is 0 Å². The molecule has 0 saturated carbocycles. The second kappa shape index (κ2) is 4.56. The van der Waals surface area contributed by atoms with E-state index in [1.165, 1.54) is 34.7 Å². The lowest BCUT2D eigenvalue weighted by molar-refractivity contribution is -0.119. The maximum Gasteiger partial charge on any atom is 0.263 e. The summed E-state index contributed by atoms with van der Waals surface area (Å²) in [5.41, 5.74) is 1.11. The van der Waals surface area contributed by atoms with Crippen LogP contribution in [-0.4, -0.2) is 15.3 Å². The highest BCUT2D eigenvalue weighted by Gasteiger charge is 2.21. The van der Waals surface area contributed by atoms with Gasteiger partial charge in [0.05, 0.1) is 17.8 Å². The van der Waals surface area contributed by atoms with Gasteiger partial charge in [0.1, 0.15) is 4.83 Å². The lowest BCUT2D eigenvalue weighted by Gasteiger charge is -2.12. The topological polar surface area (TPSA) is 52.0 Å². The quantitative estimate of drug-likeness (QED) is 0.846. The zero-order chi connectivity index (χ0) is 13.6. The molecular weight excluding hydrogens is 260 g/mol. The molecule has 19 heavy (non-hydrogen) atoms.